The predicted octanol–water partition coefficient (Wildman–Crippen LogP) is 2.19. The molecular weight excluding hydrogens is 224 g/mol. The lowest BCUT2D eigenvalue weighted by Gasteiger charge is -2.12. The fraction of sp³-hybridized carbons (Fsp3) is 0.500. The lowest BCUT2D eigenvalue weighted by atomic mass is 9.95. The van der Waals surface area contributed by atoms with Crippen LogP contribution >= 0.6 is 11.6 Å². The molecule has 1 aliphatic heterocycles. The van der Waals surface area contributed by atoms with E-state index in [0.717, 1.165) is 37.8 Å². The van der Waals surface area contributed by atoms with Gasteiger partial charge in [-0.25, -0.2) is 4.98 Å². The molecule has 0 aliphatic carbocycles. The number of rotatable bonds is 2. The molecule has 0 spiro atoms. The maximum Gasteiger partial charge on any atom is 0.223 e. The molecule has 2 heterocycles. The molecule has 1 aliphatic rings. The van der Waals surface area contributed by atoms with Gasteiger partial charge in [0.2, 0.25) is 5.91 Å². The zero-order valence-electron chi connectivity index (χ0n) is 9.08. The Morgan fingerprint density at radius 1 is 1.44 bits per heavy atom. The van der Waals surface area contributed by atoms with Crippen molar-refractivity contribution in [3.05, 3.63) is 29.0 Å². The van der Waals surface area contributed by atoms with Gasteiger partial charge in [0.1, 0.15) is 5.15 Å². The van der Waals surface area contributed by atoms with E-state index in [1.165, 1.54) is 0 Å². The van der Waals surface area contributed by atoms with E-state index in [4.69, 9.17) is 11.6 Å². The lowest BCUT2D eigenvalue weighted by molar-refractivity contribution is -0.124. The maximum absolute atomic E-state index is 11.7. The number of carbonyl (C=O) groups excluding carboxylic acids is 1. The summed E-state index contributed by atoms with van der Waals surface area (Å²) in [6.45, 7) is 0.814. The van der Waals surface area contributed by atoms with Gasteiger partial charge < -0.3 is 5.32 Å². The summed E-state index contributed by atoms with van der Waals surface area (Å²) in [5.74, 6) is 0.262. The van der Waals surface area contributed by atoms with Gasteiger partial charge in [-0.3, -0.25) is 4.79 Å². The Bertz CT molecular complexity index is 364. The van der Waals surface area contributed by atoms with Crippen LogP contribution in [0.25, 0.3) is 0 Å². The van der Waals surface area contributed by atoms with Crippen LogP contribution in [0.2, 0.25) is 5.15 Å². The average Bonchev–Trinajstić information content (AvgIpc) is 2.48. The molecule has 1 unspecified atom stereocenters. The SMILES string of the molecule is O=C1NCCCCC1Cc1ccc(Cl)nc1. The van der Waals surface area contributed by atoms with Gasteiger partial charge in [0.05, 0.1) is 0 Å². The molecule has 1 aromatic heterocycles. The van der Waals surface area contributed by atoms with Crippen LogP contribution in [-0.2, 0) is 11.2 Å². The minimum atomic E-state index is 0.0884. The number of amides is 1. The molecule has 0 aromatic carbocycles. The Kier molecular flexibility index (Phi) is 3.78. The Hall–Kier alpha value is -1.09. The van der Waals surface area contributed by atoms with Crippen LogP contribution in [0.3, 0.4) is 0 Å². The number of carbonyl (C=O) groups is 1. The van der Waals surface area contributed by atoms with Crippen LogP contribution in [0.4, 0.5) is 0 Å². The Balaban J connectivity index is 2.02. The summed E-state index contributed by atoms with van der Waals surface area (Å²) in [6.07, 6.45) is 5.68. The first-order valence-corrected chi connectivity index (χ1v) is 6.01. The van der Waals surface area contributed by atoms with Crippen LogP contribution in [0.5, 0.6) is 0 Å². The maximum atomic E-state index is 11.7. The average molecular weight is 239 g/mol. The highest BCUT2D eigenvalue weighted by molar-refractivity contribution is 6.29. The van der Waals surface area contributed by atoms with Gasteiger partial charge in [-0.1, -0.05) is 24.1 Å². The number of nitrogens with zero attached hydrogens (tertiary/aromatic N) is 1. The minimum absolute atomic E-state index is 0.0884. The number of hydrogen-bond acceptors (Lipinski definition) is 2. The van der Waals surface area contributed by atoms with Crippen molar-refractivity contribution in [2.45, 2.75) is 25.7 Å². The second-order valence-electron chi connectivity index (χ2n) is 4.18. The third-order valence-electron chi connectivity index (χ3n) is 2.92. The molecule has 0 saturated carbocycles. The number of pyridine rings is 1. The van der Waals surface area contributed by atoms with Gasteiger partial charge in [0, 0.05) is 18.7 Å². The topological polar surface area (TPSA) is 42.0 Å². The van der Waals surface area contributed by atoms with Crippen LogP contribution < -0.4 is 5.32 Å². The van der Waals surface area contributed by atoms with Crippen molar-refractivity contribution in [3.63, 3.8) is 0 Å². The van der Waals surface area contributed by atoms with Crippen molar-refractivity contribution in [2.75, 3.05) is 6.54 Å². The Morgan fingerprint density at radius 3 is 3.06 bits per heavy atom. The van der Waals surface area contributed by atoms with E-state index in [-0.39, 0.29) is 11.8 Å². The molecule has 1 aromatic rings. The number of halogens is 1. The number of hydrogen-bond donors (Lipinski definition) is 1. The molecule has 1 atom stereocenters. The van der Waals surface area contributed by atoms with Crippen molar-refractivity contribution in [1.29, 1.82) is 0 Å². The van der Waals surface area contributed by atoms with E-state index >= 15 is 0 Å². The van der Waals surface area contributed by atoms with Crippen LogP contribution in [-0.4, -0.2) is 17.4 Å². The fourth-order valence-electron chi connectivity index (χ4n) is 2.01. The normalized spacial score (nSPS) is 21.3. The van der Waals surface area contributed by atoms with Crippen LogP contribution in [0.1, 0.15) is 24.8 Å². The molecule has 86 valence electrons. The van der Waals surface area contributed by atoms with Gasteiger partial charge in [0.15, 0.2) is 0 Å². The van der Waals surface area contributed by atoms with Crippen molar-refractivity contribution in [1.82, 2.24) is 10.3 Å². The molecule has 1 N–H and O–H groups in total. The highest BCUT2D eigenvalue weighted by Gasteiger charge is 2.20. The largest absolute Gasteiger partial charge is 0.356 e. The molecule has 1 fully saturated rings. The van der Waals surface area contributed by atoms with Gasteiger partial charge in [0.25, 0.3) is 0 Å². The minimum Gasteiger partial charge on any atom is -0.356 e. The zero-order chi connectivity index (χ0) is 11.4. The first kappa shape index (κ1) is 11.4. The second kappa shape index (κ2) is 5.30. The van der Waals surface area contributed by atoms with E-state index in [2.05, 4.69) is 10.3 Å². The van der Waals surface area contributed by atoms with E-state index in [9.17, 15) is 4.79 Å². The third-order valence-corrected chi connectivity index (χ3v) is 3.14. The van der Waals surface area contributed by atoms with Gasteiger partial charge >= 0.3 is 0 Å². The summed E-state index contributed by atoms with van der Waals surface area (Å²) in [4.78, 5) is 15.8. The molecule has 0 radical (unpaired) electrons. The predicted molar refractivity (Wildman–Crippen MR) is 63.3 cm³/mol. The summed E-state index contributed by atoms with van der Waals surface area (Å²) >= 11 is 5.72. The Labute approximate surface area is 100 Å². The molecular formula is C12H15ClN2O. The number of nitrogens with one attached hydrogen (secondary N) is 1. The van der Waals surface area contributed by atoms with Crippen molar-refractivity contribution in [3.8, 4) is 0 Å². The monoisotopic (exact) mass is 238 g/mol. The van der Waals surface area contributed by atoms with Crippen LogP contribution in [0, 0.1) is 5.92 Å². The first-order chi connectivity index (χ1) is 7.75. The molecule has 4 heteroatoms. The molecule has 1 amide bonds. The van der Waals surface area contributed by atoms with Gasteiger partial charge in [-0.2, -0.15) is 0 Å². The third kappa shape index (κ3) is 2.95. The smallest absolute Gasteiger partial charge is 0.223 e. The summed E-state index contributed by atoms with van der Waals surface area (Å²) in [6, 6.07) is 3.71. The van der Waals surface area contributed by atoms with E-state index in [1.807, 2.05) is 6.07 Å². The molecule has 2 rings (SSSR count). The molecule has 3 nitrogen and oxygen atoms in total. The van der Waals surface area contributed by atoms with Crippen molar-refractivity contribution < 1.29 is 4.79 Å². The second-order valence-corrected chi connectivity index (χ2v) is 4.56. The molecule has 1 saturated heterocycles. The first-order valence-electron chi connectivity index (χ1n) is 5.64. The van der Waals surface area contributed by atoms with Crippen molar-refractivity contribution in [2.24, 2.45) is 5.92 Å². The summed E-state index contributed by atoms with van der Waals surface area (Å²) in [5, 5.41) is 3.44. The van der Waals surface area contributed by atoms with E-state index in [0.29, 0.717) is 5.15 Å². The lowest BCUT2D eigenvalue weighted by Crippen LogP contribution is -2.30. The van der Waals surface area contributed by atoms with E-state index < -0.39 is 0 Å². The molecule has 16 heavy (non-hydrogen) atoms. The molecule has 0 bridgehead atoms. The number of aromatic nitrogens is 1. The van der Waals surface area contributed by atoms with E-state index in [1.54, 1.807) is 12.3 Å². The summed E-state index contributed by atoms with van der Waals surface area (Å²) < 4.78 is 0. The zero-order valence-corrected chi connectivity index (χ0v) is 9.83. The van der Waals surface area contributed by atoms with Gasteiger partial charge in [-0.05, 0) is 30.9 Å². The highest BCUT2D eigenvalue weighted by atomic mass is 35.5. The summed E-state index contributed by atoms with van der Waals surface area (Å²) in [5.41, 5.74) is 1.08. The highest BCUT2D eigenvalue weighted by Crippen LogP contribution is 2.18. The van der Waals surface area contributed by atoms with Crippen molar-refractivity contribution >= 4 is 17.5 Å². The van der Waals surface area contributed by atoms with Crippen LogP contribution in [0.15, 0.2) is 18.3 Å². The summed E-state index contributed by atoms with van der Waals surface area (Å²) in [7, 11) is 0. The quantitative estimate of drug-likeness (QED) is 0.803. The van der Waals surface area contributed by atoms with Gasteiger partial charge in [-0.15, -0.1) is 0 Å². The Morgan fingerprint density at radius 2 is 2.31 bits per heavy atom. The fourth-order valence-corrected chi connectivity index (χ4v) is 2.12. The standard InChI is InChI=1S/C12H15ClN2O/c13-11-5-4-9(8-15-11)7-10-3-1-2-6-14-12(10)16/h4-5,8,10H,1-3,6-7H2,(H,14,16).